The topological polar surface area (TPSA) is 63.3 Å². The molecule has 3 aromatic rings. The molecule has 1 heterocycles. The van der Waals surface area contributed by atoms with Gasteiger partial charge in [-0.3, -0.25) is 4.98 Å². The zero-order valence-electron chi connectivity index (χ0n) is 14.8. The molecule has 0 fully saturated rings. The smallest absolute Gasteiger partial charge is 0.193 e. The molecule has 0 aliphatic carbocycles. The van der Waals surface area contributed by atoms with Gasteiger partial charge in [0.25, 0.3) is 0 Å². The van der Waals surface area contributed by atoms with E-state index in [0.29, 0.717) is 12.5 Å². The molecular formula is C21H24N4. The first-order valence-electron chi connectivity index (χ1n) is 8.73. The molecule has 0 saturated heterocycles. The summed E-state index contributed by atoms with van der Waals surface area (Å²) in [5.74, 6) is 0.441. The lowest BCUT2D eigenvalue weighted by molar-refractivity contribution is 1.06. The van der Waals surface area contributed by atoms with Crippen molar-refractivity contribution < 1.29 is 0 Å². The molecule has 0 atom stereocenters. The summed E-state index contributed by atoms with van der Waals surface area (Å²) in [6.07, 6.45) is 3.73. The van der Waals surface area contributed by atoms with Crippen molar-refractivity contribution in [1.82, 2.24) is 4.98 Å². The van der Waals surface area contributed by atoms with Crippen LogP contribution in [0.5, 0.6) is 0 Å². The molecule has 25 heavy (non-hydrogen) atoms. The van der Waals surface area contributed by atoms with Crippen LogP contribution in [0.4, 0.5) is 5.69 Å². The normalized spacial score (nSPS) is 11.7. The molecule has 3 rings (SSSR count). The number of anilines is 1. The van der Waals surface area contributed by atoms with E-state index in [1.165, 1.54) is 11.1 Å². The summed E-state index contributed by atoms with van der Waals surface area (Å²) in [6.45, 7) is 4.82. The van der Waals surface area contributed by atoms with Gasteiger partial charge in [-0.15, -0.1) is 0 Å². The lowest BCUT2D eigenvalue weighted by Crippen LogP contribution is -2.24. The maximum atomic E-state index is 6.17. The van der Waals surface area contributed by atoms with Gasteiger partial charge in [0.2, 0.25) is 0 Å². The summed E-state index contributed by atoms with van der Waals surface area (Å²) >= 11 is 0. The van der Waals surface area contributed by atoms with Crippen molar-refractivity contribution in [3.63, 3.8) is 0 Å². The van der Waals surface area contributed by atoms with E-state index in [2.05, 4.69) is 53.4 Å². The van der Waals surface area contributed by atoms with Crippen molar-refractivity contribution in [2.45, 2.75) is 33.2 Å². The Bertz CT molecular complexity index is 872. The Kier molecular flexibility index (Phi) is 5.29. The second kappa shape index (κ2) is 7.79. The van der Waals surface area contributed by atoms with E-state index >= 15 is 0 Å². The molecule has 0 unspecified atom stereocenters. The fraction of sp³-hybridized carbons (Fsp3) is 0.238. The third kappa shape index (κ3) is 3.79. The number of nitrogens with one attached hydrogen (secondary N) is 1. The minimum absolute atomic E-state index is 0.441. The average molecular weight is 332 g/mol. The van der Waals surface area contributed by atoms with E-state index in [1.807, 2.05) is 30.5 Å². The van der Waals surface area contributed by atoms with Crippen molar-refractivity contribution in [2.24, 2.45) is 10.7 Å². The van der Waals surface area contributed by atoms with Crippen LogP contribution >= 0.6 is 0 Å². The maximum Gasteiger partial charge on any atom is 0.193 e. The Morgan fingerprint density at radius 3 is 2.40 bits per heavy atom. The summed E-state index contributed by atoms with van der Waals surface area (Å²) in [5, 5.41) is 4.43. The number of para-hydroxylation sites is 2. The second-order valence-corrected chi connectivity index (χ2v) is 5.97. The first-order chi connectivity index (χ1) is 12.2. The van der Waals surface area contributed by atoms with E-state index in [4.69, 9.17) is 5.73 Å². The van der Waals surface area contributed by atoms with Gasteiger partial charge in [-0.1, -0.05) is 50.2 Å². The number of aliphatic imine (C=N–C) groups is 1. The highest BCUT2D eigenvalue weighted by Crippen LogP contribution is 2.22. The summed E-state index contributed by atoms with van der Waals surface area (Å²) < 4.78 is 0. The van der Waals surface area contributed by atoms with Crippen LogP contribution in [0.3, 0.4) is 0 Å². The van der Waals surface area contributed by atoms with Gasteiger partial charge in [0.15, 0.2) is 5.96 Å². The minimum Gasteiger partial charge on any atom is -0.370 e. The van der Waals surface area contributed by atoms with Gasteiger partial charge in [0.05, 0.1) is 12.1 Å². The molecule has 0 radical (unpaired) electrons. The van der Waals surface area contributed by atoms with Gasteiger partial charge in [0.1, 0.15) is 0 Å². The highest BCUT2D eigenvalue weighted by molar-refractivity contribution is 5.94. The number of benzene rings is 2. The molecule has 0 aliphatic rings. The van der Waals surface area contributed by atoms with Gasteiger partial charge >= 0.3 is 0 Å². The van der Waals surface area contributed by atoms with Crippen molar-refractivity contribution >= 4 is 22.5 Å². The quantitative estimate of drug-likeness (QED) is 0.541. The van der Waals surface area contributed by atoms with Gasteiger partial charge in [-0.05, 0) is 41.7 Å². The van der Waals surface area contributed by atoms with E-state index in [-0.39, 0.29) is 0 Å². The predicted octanol–water partition coefficient (Wildman–Crippen LogP) is 4.29. The Balaban J connectivity index is 1.83. The van der Waals surface area contributed by atoms with Crippen LogP contribution in [0, 0.1) is 0 Å². The molecule has 4 nitrogen and oxygen atoms in total. The van der Waals surface area contributed by atoms with Crippen LogP contribution < -0.4 is 11.1 Å². The van der Waals surface area contributed by atoms with Crippen LogP contribution in [0.15, 0.2) is 59.7 Å². The number of rotatable bonds is 5. The molecule has 0 aliphatic heterocycles. The van der Waals surface area contributed by atoms with Crippen molar-refractivity contribution in [2.75, 3.05) is 5.32 Å². The monoisotopic (exact) mass is 332 g/mol. The first-order valence-corrected chi connectivity index (χ1v) is 8.73. The first kappa shape index (κ1) is 17.0. The highest BCUT2D eigenvalue weighted by Gasteiger charge is 2.07. The van der Waals surface area contributed by atoms with E-state index in [9.17, 15) is 0 Å². The molecule has 1 aromatic heterocycles. The number of hydrogen-bond acceptors (Lipinski definition) is 2. The Labute approximate surface area is 148 Å². The largest absolute Gasteiger partial charge is 0.370 e. The van der Waals surface area contributed by atoms with Crippen molar-refractivity contribution in [3.8, 4) is 0 Å². The lowest BCUT2D eigenvalue weighted by Gasteiger charge is -2.15. The third-order valence-electron chi connectivity index (χ3n) is 4.41. The summed E-state index contributed by atoms with van der Waals surface area (Å²) in [5.41, 5.74) is 11.9. The van der Waals surface area contributed by atoms with Gasteiger partial charge in [-0.2, -0.15) is 0 Å². The predicted molar refractivity (Wildman–Crippen MR) is 106 cm³/mol. The van der Waals surface area contributed by atoms with Gasteiger partial charge < -0.3 is 11.1 Å². The SMILES string of the molecule is CCc1cccc(CC)c1NC(N)=NCc1ccnc2ccccc12. The molecule has 3 N–H and O–H groups in total. The molecule has 0 amide bonds. The average Bonchev–Trinajstić information content (AvgIpc) is 2.66. The number of pyridine rings is 1. The Morgan fingerprint density at radius 1 is 0.960 bits per heavy atom. The van der Waals surface area contributed by atoms with Crippen molar-refractivity contribution in [1.29, 1.82) is 0 Å². The molecule has 2 aromatic carbocycles. The zero-order valence-corrected chi connectivity index (χ0v) is 14.8. The summed E-state index contributed by atoms with van der Waals surface area (Å²) in [6, 6.07) is 16.4. The van der Waals surface area contributed by atoms with E-state index < -0.39 is 0 Å². The highest BCUT2D eigenvalue weighted by atomic mass is 15.1. The lowest BCUT2D eigenvalue weighted by atomic mass is 10.0. The number of aromatic nitrogens is 1. The van der Waals surface area contributed by atoms with Crippen LogP contribution in [0.2, 0.25) is 0 Å². The van der Waals surface area contributed by atoms with Gasteiger partial charge in [0, 0.05) is 17.3 Å². The third-order valence-corrected chi connectivity index (χ3v) is 4.41. The number of fused-ring (bicyclic) bond motifs is 1. The molecule has 0 bridgehead atoms. The van der Waals surface area contributed by atoms with Crippen LogP contribution in [0.1, 0.15) is 30.5 Å². The number of nitrogens with two attached hydrogens (primary N) is 1. The fourth-order valence-electron chi connectivity index (χ4n) is 3.03. The van der Waals surface area contributed by atoms with Gasteiger partial charge in [-0.25, -0.2) is 4.99 Å². The molecule has 4 heteroatoms. The number of hydrogen-bond donors (Lipinski definition) is 2. The molecule has 128 valence electrons. The second-order valence-electron chi connectivity index (χ2n) is 5.97. The van der Waals surface area contributed by atoms with Crippen LogP contribution in [-0.4, -0.2) is 10.9 Å². The molecule has 0 spiro atoms. The number of nitrogens with zero attached hydrogens (tertiary/aromatic N) is 2. The zero-order chi connectivity index (χ0) is 17.6. The molecular weight excluding hydrogens is 308 g/mol. The fourth-order valence-corrected chi connectivity index (χ4v) is 3.03. The Morgan fingerprint density at radius 2 is 1.68 bits per heavy atom. The Hall–Kier alpha value is -2.88. The number of guanidine groups is 1. The van der Waals surface area contributed by atoms with Crippen LogP contribution in [-0.2, 0) is 19.4 Å². The van der Waals surface area contributed by atoms with E-state index in [0.717, 1.165) is 35.0 Å². The maximum absolute atomic E-state index is 6.17. The summed E-state index contributed by atoms with van der Waals surface area (Å²) in [7, 11) is 0. The van der Waals surface area contributed by atoms with Crippen molar-refractivity contribution in [3.05, 3.63) is 71.4 Å². The number of aryl methyl sites for hydroxylation is 2. The van der Waals surface area contributed by atoms with E-state index in [1.54, 1.807) is 0 Å². The summed E-state index contributed by atoms with van der Waals surface area (Å²) in [4.78, 5) is 8.93. The standard InChI is InChI=1S/C21H24N4/c1-3-15-8-7-9-16(4-2)20(15)25-21(22)24-14-17-12-13-23-19-11-6-5-10-18(17)19/h5-13H,3-4,14H2,1-2H3,(H3,22,24,25). The van der Waals surface area contributed by atoms with Crippen LogP contribution in [0.25, 0.3) is 10.9 Å². The molecule has 0 saturated carbocycles. The minimum atomic E-state index is 0.441.